The van der Waals surface area contributed by atoms with Crippen molar-refractivity contribution >= 4 is 73.5 Å². The number of nitrogens with two attached hydrogens (primary N) is 2. The van der Waals surface area contributed by atoms with Gasteiger partial charge in [0.2, 0.25) is 0 Å². The summed E-state index contributed by atoms with van der Waals surface area (Å²) in [7, 11) is -1.39. The Hall–Kier alpha value is -5.88. The highest BCUT2D eigenvalue weighted by Gasteiger charge is 2.32. The number of benzene rings is 4. The maximum Gasteiger partial charge on any atom is 0.488 e. The molecule has 0 bridgehead atoms. The second kappa shape index (κ2) is 20.7. The Morgan fingerprint density at radius 1 is 0.625 bits per heavy atom. The van der Waals surface area contributed by atoms with Gasteiger partial charge < -0.3 is 42.4 Å². The Kier molecular flexibility index (Phi) is 15.4. The fraction of sp³-hybridized carbons (Fsp3) is 0.238. The summed E-state index contributed by atoms with van der Waals surface area (Å²) in [6.45, 7) is 1.74. The molecule has 0 aliphatic heterocycles. The van der Waals surface area contributed by atoms with Gasteiger partial charge in [-0.15, -0.1) is 0 Å². The van der Waals surface area contributed by atoms with E-state index in [-0.39, 0.29) is 24.2 Å². The van der Waals surface area contributed by atoms with Gasteiger partial charge in [0.1, 0.15) is 4.60 Å². The molecule has 4 aromatic carbocycles. The Bertz CT molecular complexity index is 2830. The molecule has 336 valence electrons. The third-order valence-electron chi connectivity index (χ3n) is 9.71. The predicted molar refractivity (Wildman–Crippen MR) is 237 cm³/mol. The normalized spacial score (nSPS) is 11.7. The molecule has 0 spiro atoms. The summed E-state index contributed by atoms with van der Waals surface area (Å²) in [5.74, 6) is 0.732. The molecule has 0 aliphatic carbocycles. The average molecular weight is 956 g/mol. The van der Waals surface area contributed by atoms with E-state index in [9.17, 15) is 26.3 Å². The van der Waals surface area contributed by atoms with Gasteiger partial charge >= 0.3 is 19.5 Å². The highest BCUT2D eigenvalue weighted by atomic mass is 79.9. The quantitative estimate of drug-likeness (QED) is 0.0396. The van der Waals surface area contributed by atoms with Gasteiger partial charge in [-0.3, -0.25) is 8.80 Å². The van der Waals surface area contributed by atoms with Crippen LogP contribution in [0.3, 0.4) is 0 Å². The van der Waals surface area contributed by atoms with Gasteiger partial charge in [0.25, 0.3) is 0 Å². The van der Waals surface area contributed by atoms with Crippen LogP contribution >= 0.6 is 15.9 Å². The molecule has 22 heteroatoms. The Morgan fingerprint density at radius 3 is 1.53 bits per heavy atom. The van der Waals surface area contributed by atoms with Crippen molar-refractivity contribution < 1.29 is 46.6 Å². The molecular formula is C42H42BBrF6N10O4. The second-order valence-corrected chi connectivity index (χ2v) is 14.9. The molecular weight excluding hydrogens is 913 g/mol. The first-order valence-electron chi connectivity index (χ1n) is 19.6. The monoisotopic (exact) mass is 954 g/mol. The molecule has 8 rings (SSSR count). The number of nitrogens with one attached hydrogen (secondary N) is 2. The minimum atomic E-state index is -4.47. The Balaban J connectivity index is 0.000000176. The number of aliphatic hydroxyl groups excluding tert-OH is 2. The van der Waals surface area contributed by atoms with E-state index >= 15 is 0 Å². The van der Waals surface area contributed by atoms with E-state index in [0.717, 1.165) is 46.6 Å². The van der Waals surface area contributed by atoms with Crippen molar-refractivity contribution in [2.24, 2.45) is 11.5 Å². The molecule has 0 amide bonds. The highest BCUT2D eigenvalue weighted by Crippen LogP contribution is 2.35. The average Bonchev–Trinajstić information content (AvgIpc) is 3.91. The lowest BCUT2D eigenvalue weighted by molar-refractivity contribution is -0.138. The minimum Gasteiger partial charge on any atom is -0.423 e. The highest BCUT2D eigenvalue weighted by molar-refractivity contribution is 9.10. The number of anilines is 2. The largest absolute Gasteiger partial charge is 0.488 e. The van der Waals surface area contributed by atoms with E-state index in [1.54, 1.807) is 45.5 Å². The molecule has 0 fully saturated rings. The number of hydrogen-bond acceptors (Lipinski definition) is 12. The number of imidazole rings is 2. The van der Waals surface area contributed by atoms with E-state index in [2.05, 4.69) is 46.5 Å². The molecule has 8 aromatic rings. The summed E-state index contributed by atoms with van der Waals surface area (Å²) in [6.07, 6.45) is -4.69. The van der Waals surface area contributed by atoms with Crippen molar-refractivity contribution in [3.05, 3.63) is 124 Å². The molecule has 0 unspecified atom stereocenters. The van der Waals surface area contributed by atoms with Gasteiger partial charge in [0.15, 0.2) is 22.9 Å². The Labute approximate surface area is 369 Å². The number of hydrogen-bond donors (Lipinski definition) is 8. The zero-order valence-electron chi connectivity index (χ0n) is 33.7. The number of nitrogens with zero attached hydrogens (tertiary/aromatic N) is 6. The topological polar surface area (TPSA) is 217 Å². The van der Waals surface area contributed by atoms with Crippen LogP contribution in [0, 0.1) is 0 Å². The fourth-order valence-corrected chi connectivity index (χ4v) is 6.90. The van der Waals surface area contributed by atoms with Crippen LogP contribution in [0.1, 0.15) is 35.1 Å². The van der Waals surface area contributed by atoms with Crippen LogP contribution in [0.4, 0.5) is 38.0 Å². The lowest BCUT2D eigenvalue weighted by Crippen LogP contribution is -2.29. The van der Waals surface area contributed by atoms with Gasteiger partial charge in [-0.2, -0.15) is 26.3 Å². The predicted octanol–water partition coefficient (Wildman–Crippen LogP) is 6.10. The fourth-order valence-electron chi connectivity index (χ4n) is 6.44. The van der Waals surface area contributed by atoms with E-state index in [1.165, 1.54) is 12.1 Å². The van der Waals surface area contributed by atoms with E-state index in [1.807, 2.05) is 24.3 Å². The standard InChI is InChI=1S/C21H20F3N5O.C14H12BrF3N4O.C7H10BNO2/c22-21(23,24)15-6-7-17-16(10-15)28-19(26-8-1-9-30)20-27-12-18(29(17)20)14-4-2-13(11-25)3-5-14;15-11-7-20-13-12(19-4-1-5-23)21-9-6-8(14(16,17)18)2-3-10(9)22(11)13;9-5-6-1-3-7(4-2-6)8(10)11/h2-7,10,12,30H,1,8-9,11,25H2,(H,26,28);2-3,6-7,23H,1,4-5H2,(H,19,21);1-4,10-11H,5,9H2. The zero-order valence-corrected chi connectivity index (χ0v) is 35.3. The van der Waals surface area contributed by atoms with E-state index in [4.69, 9.17) is 31.7 Å². The van der Waals surface area contributed by atoms with Crippen LogP contribution in [-0.4, -0.2) is 82.4 Å². The van der Waals surface area contributed by atoms with Gasteiger partial charge in [0.05, 0.1) is 51.3 Å². The van der Waals surface area contributed by atoms with Crippen LogP contribution in [-0.2, 0) is 25.4 Å². The lowest BCUT2D eigenvalue weighted by Gasteiger charge is -2.13. The maximum absolute atomic E-state index is 13.2. The summed E-state index contributed by atoms with van der Waals surface area (Å²) >= 11 is 3.34. The SMILES string of the molecule is NCc1ccc(-c2cnc3c(NCCCO)nc4cc(C(F)(F)F)ccc4n23)cc1.NCc1ccc(B(O)O)cc1.OCCCNc1nc2cc(C(F)(F)F)ccc2n2c(Br)cnc12. The third-order valence-corrected chi connectivity index (χ3v) is 10.3. The van der Waals surface area contributed by atoms with Crippen molar-refractivity contribution in [3.8, 4) is 11.3 Å². The number of alkyl halides is 6. The number of rotatable bonds is 12. The summed E-state index contributed by atoms with van der Waals surface area (Å²) in [6, 6.07) is 21.4. The van der Waals surface area contributed by atoms with E-state index < -0.39 is 30.6 Å². The number of fused-ring (bicyclic) bond motifs is 6. The van der Waals surface area contributed by atoms with Gasteiger partial charge in [-0.05, 0) is 81.8 Å². The van der Waals surface area contributed by atoms with Crippen LogP contribution < -0.4 is 27.6 Å². The molecule has 0 atom stereocenters. The first-order valence-corrected chi connectivity index (χ1v) is 20.4. The molecule has 4 heterocycles. The molecule has 0 saturated carbocycles. The van der Waals surface area contributed by atoms with Crippen molar-refractivity contribution in [2.75, 3.05) is 36.9 Å². The maximum atomic E-state index is 13.2. The number of halogens is 7. The first-order chi connectivity index (χ1) is 30.6. The van der Waals surface area contributed by atoms with Crippen LogP contribution in [0.5, 0.6) is 0 Å². The number of aromatic nitrogens is 6. The summed E-state index contributed by atoms with van der Waals surface area (Å²) in [4.78, 5) is 17.3. The van der Waals surface area contributed by atoms with Crippen molar-refractivity contribution in [1.82, 2.24) is 28.7 Å². The van der Waals surface area contributed by atoms with Crippen molar-refractivity contribution in [1.29, 1.82) is 0 Å². The molecule has 0 saturated heterocycles. The third kappa shape index (κ3) is 11.1. The summed E-state index contributed by atoms with van der Waals surface area (Å²) in [5, 5.41) is 41.4. The van der Waals surface area contributed by atoms with Gasteiger partial charge in [0, 0.05) is 45.0 Å². The summed E-state index contributed by atoms with van der Waals surface area (Å²) < 4.78 is 82.5. The smallest absolute Gasteiger partial charge is 0.423 e. The lowest BCUT2D eigenvalue weighted by atomic mass is 9.80. The van der Waals surface area contributed by atoms with Crippen LogP contribution in [0.2, 0.25) is 0 Å². The van der Waals surface area contributed by atoms with Crippen molar-refractivity contribution in [3.63, 3.8) is 0 Å². The van der Waals surface area contributed by atoms with Gasteiger partial charge in [-0.25, -0.2) is 19.9 Å². The first kappa shape index (κ1) is 47.6. The molecule has 4 aromatic heterocycles. The minimum absolute atomic E-state index is 0.00717. The van der Waals surface area contributed by atoms with Gasteiger partial charge in [-0.1, -0.05) is 48.5 Å². The molecule has 10 N–H and O–H groups in total. The summed E-state index contributed by atoms with van der Waals surface area (Å²) in [5.41, 5.74) is 16.0. The van der Waals surface area contributed by atoms with Crippen LogP contribution in [0.15, 0.2) is 102 Å². The molecule has 14 nitrogen and oxygen atoms in total. The second-order valence-electron chi connectivity index (χ2n) is 14.1. The van der Waals surface area contributed by atoms with E-state index in [0.29, 0.717) is 83.1 Å². The molecule has 0 radical (unpaired) electrons. The molecule has 64 heavy (non-hydrogen) atoms. The number of aliphatic hydroxyl groups is 2. The Morgan fingerprint density at radius 2 is 1.08 bits per heavy atom. The zero-order chi connectivity index (χ0) is 46.2. The van der Waals surface area contributed by atoms with Crippen LogP contribution in [0.25, 0.3) is 44.6 Å². The van der Waals surface area contributed by atoms with Crippen molar-refractivity contribution in [2.45, 2.75) is 38.3 Å². The molecule has 0 aliphatic rings.